The zero-order valence-electron chi connectivity index (χ0n) is 23.0. The molecule has 13 nitrogen and oxygen atoms in total. The summed E-state index contributed by atoms with van der Waals surface area (Å²) in [5, 5.41) is 27.3. The van der Waals surface area contributed by atoms with Gasteiger partial charge in [-0.15, -0.1) is 0 Å². The fourth-order valence-electron chi connectivity index (χ4n) is 5.53. The van der Waals surface area contributed by atoms with Gasteiger partial charge >= 0.3 is 11.7 Å². The molecule has 14 heteroatoms. The van der Waals surface area contributed by atoms with Crippen LogP contribution in [0.5, 0.6) is 5.75 Å². The highest BCUT2D eigenvalue weighted by molar-refractivity contribution is 6.30. The molecule has 1 aliphatic carbocycles. The summed E-state index contributed by atoms with van der Waals surface area (Å²) >= 11 is 6.45. The molecule has 0 saturated carbocycles. The van der Waals surface area contributed by atoms with E-state index in [-0.39, 0.29) is 5.69 Å². The molecule has 7 rings (SSSR count). The second-order valence-corrected chi connectivity index (χ2v) is 10.5. The Morgan fingerprint density at radius 2 is 1.93 bits per heavy atom. The van der Waals surface area contributed by atoms with Gasteiger partial charge in [-0.05, 0) is 59.5 Å². The number of nitro groups is 1. The van der Waals surface area contributed by atoms with E-state index in [1.165, 1.54) is 23.4 Å². The number of hydrogen-bond acceptors (Lipinski definition) is 8. The van der Waals surface area contributed by atoms with Gasteiger partial charge in [0.2, 0.25) is 0 Å². The number of carbonyl (C=O) groups is 1. The standard InChI is InChI=1S/C30H22ClN9O4/c1-44-22-4-2-3-19(11-22)35-30(41)36-20-7-8-23-25-9-17-5-6-18(31)10-24(17)28(39-16-32-15-34-39)27(25)29(37-26(23)12-20)38-14-21(13-33-38)40(42)43/h2-8,10-16,28H,9H2,1H3,(H2,35,36,41). The molecule has 0 spiro atoms. The Bertz CT molecular complexity index is 2080. The molecular formula is C30H22ClN9O4. The van der Waals surface area contributed by atoms with Crippen LogP contribution in [0.3, 0.4) is 0 Å². The van der Waals surface area contributed by atoms with Crippen molar-refractivity contribution in [2.45, 2.75) is 12.5 Å². The largest absolute Gasteiger partial charge is 0.497 e. The summed E-state index contributed by atoms with van der Waals surface area (Å²) in [6, 6.07) is 17.2. The Morgan fingerprint density at radius 3 is 2.68 bits per heavy atom. The zero-order chi connectivity index (χ0) is 30.4. The highest BCUT2D eigenvalue weighted by Gasteiger charge is 2.34. The third kappa shape index (κ3) is 4.84. The average Bonchev–Trinajstić information content (AvgIpc) is 3.73. The Hall–Kier alpha value is -5.82. The van der Waals surface area contributed by atoms with E-state index in [4.69, 9.17) is 21.3 Å². The predicted molar refractivity (Wildman–Crippen MR) is 163 cm³/mol. The molecule has 0 bridgehead atoms. The topological polar surface area (TPSA) is 155 Å². The summed E-state index contributed by atoms with van der Waals surface area (Å²) in [6.07, 6.45) is 6.09. The maximum absolute atomic E-state index is 12.9. The molecule has 44 heavy (non-hydrogen) atoms. The van der Waals surface area contributed by atoms with Crippen LogP contribution in [0, 0.1) is 10.1 Å². The summed E-state index contributed by atoms with van der Waals surface area (Å²) in [6.45, 7) is 0. The van der Waals surface area contributed by atoms with Crippen LogP contribution in [0.15, 0.2) is 85.7 Å². The number of nitrogens with one attached hydrogen (secondary N) is 2. The maximum atomic E-state index is 12.9. The van der Waals surface area contributed by atoms with Crippen molar-refractivity contribution >= 4 is 45.6 Å². The third-order valence-corrected chi connectivity index (χ3v) is 7.68. The SMILES string of the molecule is COc1cccc(NC(=O)Nc2ccc3c4c(c(-n5cc([N+](=O)[O-])cn5)nc3c2)C(n2cncn2)c2cc(Cl)ccc2C4)c1. The molecule has 1 unspecified atom stereocenters. The number of ether oxygens (including phenoxy) is 1. The molecule has 2 amide bonds. The summed E-state index contributed by atoms with van der Waals surface area (Å²) < 4.78 is 8.33. The number of amides is 2. The van der Waals surface area contributed by atoms with Crippen LogP contribution >= 0.6 is 11.6 Å². The van der Waals surface area contributed by atoms with Crippen molar-refractivity contribution in [3.05, 3.63) is 123 Å². The van der Waals surface area contributed by atoms with Gasteiger partial charge in [-0.1, -0.05) is 29.8 Å². The van der Waals surface area contributed by atoms with Gasteiger partial charge in [-0.25, -0.2) is 24.1 Å². The minimum absolute atomic E-state index is 0.179. The minimum Gasteiger partial charge on any atom is -0.497 e. The van der Waals surface area contributed by atoms with Crippen molar-refractivity contribution in [2.75, 3.05) is 17.7 Å². The number of halogens is 1. The number of pyridine rings is 1. The van der Waals surface area contributed by atoms with E-state index in [0.29, 0.717) is 39.9 Å². The van der Waals surface area contributed by atoms with E-state index in [1.54, 1.807) is 54.5 Å². The van der Waals surface area contributed by atoms with E-state index in [2.05, 4.69) is 25.8 Å². The molecular weight excluding hydrogens is 586 g/mol. The second-order valence-electron chi connectivity index (χ2n) is 10.1. The van der Waals surface area contributed by atoms with Crippen molar-refractivity contribution < 1.29 is 14.5 Å². The van der Waals surface area contributed by atoms with Gasteiger partial charge in [-0.3, -0.25) is 10.1 Å². The Kier molecular flexibility index (Phi) is 6.63. The van der Waals surface area contributed by atoms with Crippen molar-refractivity contribution in [1.82, 2.24) is 29.5 Å². The lowest BCUT2D eigenvalue weighted by Crippen LogP contribution is -2.24. The normalized spacial score (nSPS) is 13.6. The van der Waals surface area contributed by atoms with Gasteiger partial charge in [-0.2, -0.15) is 10.2 Å². The maximum Gasteiger partial charge on any atom is 0.323 e. The number of aromatic nitrogens is 6. The highest BCUT2D eigenvalue weighted by Crippen LogP contribution is 2.43. The van der Waals surface area contributed by atoms with Crippen LogP contribution in [-0.2, 0) is 6.42 Å². The first-order valence-electron chi connectivity index (χ1n) is 13.4. The first-order valence-corrected chi connectivity index (χ1v) is 13.8. The lowest BCUT2D eigenvalue weighted by Gasteiger charge is -2.31. The van der Waals surface area contributed by atoms with Crippen LogP contribution in [0.2, 0.25) is 5.02 Å². The van der Waals surface area contributed by atoms with Crippen molar-refractivity contribution in [3.8, 4) is 11.6 Å². The molecule has 2 N–H and O–H groups in total. The van der Waals surface area contributed by atoms with Crippen molar-refractivity contribution in [1.29, 1.82) is 0 Å². The average molecular weight is 608 g/mol. The number of nitrogens with zero attached hydrogens (tertiary/aromatic N) is 7. The first-order chi connectivity index (χ1) is 21.4. The van der Waals surface area contributed by atoms with Gasteiger partial charge in [0, 0.05) is 33.4 Å². The summed E-state index contributed by atoms with van der Waals surface area (Å²) in [5.74, 6) is 0.992. The number of rotatable bonds is 6. The minimum atomic E-state index is -0.510. The zero-order valence-corrected chi connectivity index (χ0v) is 23.8. The second kappa shape index (κ2) is 10.8. The molecule has 3 aromatic carbocycles. The van der Waals surface area contributed by atoms with Crippen molar-refractivity contribution in [3.63, 3.8) is 0 Å². The van der Waals surface area contributed by atoms with E-state index in [9.17, 15) is 14.9 Å². The lowest BCUT2D eigenvalue weighted by molar-refractivity contribution is -0.384. The number of fused-ring (bicyclic) bond motifs is 4. The van der Waals surface area contributed by atoms with Gasteiger partial charge < -0.3 is 15.4 Å². The van der Waals surface area contributed by atoms with E-state index in [0.717, 1.165) is 27.6 Å². The smallest absolute Gasteiger partial charge is 0.323 e. The fraction of sp³-hybridized carbons (Fsp3) is 0.100. The van der Waals surface area contributed by atoms with Crippen LogP contribution < -0.4 is 15.4 Å². The van der Waals surface area contributed by atoms with E-state index < -0.39 is 17.0 Å². The number of methoxy groups -OCH3 is 1. The molecule has 0 radical (unpaired) electrons. The third-order valence-electron chi connectivity index (χ3n) is 7.44. The fourth-order valence-corrected chi connectivity index (χ4v) is 5.71. The Morgan fingerprint density at radius 1 is 1.09 bits per heavy atom. The van der Waals surface area contributed by atoms with Gasteiger partial charge in [0.1, 0.15) is 36.8 Å². The van der Waals surface area contributed by atoms with Crippen LogP contribution in [0.25, 0.3) is 16.7 Å². The Balaban J connectivity index is 1.37. The highest BCUT2D eigenvalue weighted by atomic mass is 35.5. The van der Waals surface area contributed by atoms with Crippen molar-refractivity contribution in [2.24, 2.45) is 0 Å². The molecule has 1 aliphatic rings. The van der Waals surface area contributed by atoms with Crippen LogP contribution in [0.1, 0.15) is 28.3 Å². The van der Waals surface area contributed by atoms with E-state index in [1.807, 2.05) is 24.3 Å². The molecule has 0 fully saturated rings. The molecule has 6 aromatic rings. The monoisotopic (exact) mass is 607 g/mol. The van der Waals surface area contributed by atoms with Gasteiger partial charge in [0.15, 0.2) is 5.82 Å². The summed E-state index contributed by atoms with van der Waals surface area (Å²) in [5.41, 5.74) is 5.08. The number of benzene rings is 3. The number of hydrogen-bond donors (Lipinski definition) is 2. The number of carbonyl (C=O) groups excluding carboxylic acids is 1. The van der Waals surface area contributed by atoms with Gasteiger partial charge in [0.25, 0.3) is 0 Å². The molecule has 0 aliphatic heterocycles. The van der Waals surface area contributed by atoms with Crippen LogP contribution in [0.4, 0.5) is 21.9 Å². The molecule has 3 aromatic heterocycles. The first kappa shape index (κ1) is 27.0. The summed E-state index contributed by atoms with van der Waals surface area (Å²) in [7, 11) is 1.55. The predicted octanol–water partition coefficient (Wildman–Crippen LogP) is 5.77. The molecule has 3 heterocycles. The Labute approximate surface area is 254 Å². The van der Waals surface area contributed by atoms with E-state index >= 15 is 0 Å². The molecule has 218 valence electrons. The number of urea groups is 1. The number of anilines is 2. The molecule has 0 saturated heterocycles. The quantitative estimate of drug-likeness (QED) is 0.178. The van der Waals surface area contributed by atoms with Crippen LogP contribution in [-0.4, -0.2) is 47.6 Å². The molecule has 1 atom stereocenters. The lowest BCUT2D eigenvalue weighted by atomic mass is 9.81. The van der Waals surface area contributed by atoms with Gasteiger partial charge in [0.05, 0.1) is 17.5 Å². The summed E-state index contributed by atoms with van der Waals surface area (Å²) in [4.78, 5) is 33.0.